The van der Waals surface area contributed by atoms with E-state index in [4.69, 9.17) is 26.5 Å². The van der Waals surface area contributed by atoms with Crippen LogP contribution >= 0.6 is 11.6 Å². The second-order valence-electron chi connectivity index (χ2n) is 3.65. The molecule has 1 aromatic heterocycles. The van der Waals surface area contributed by atoms with Crippen LogP contribution in [0.5, 0.6) is 5.75 Å². The highest BCUT2D eigenvalue weighted by Gasteiger charge is 2.10. The highest BCUT2D eigenvalue weighted by atomic mass is 35.5. The van der Waals surface area contributed by atoms with Gasteiger partial charge in [0.1, 0.15) is 17.3 Å². The van der Waals surface area contributed by atoms with Crippen molar-refractivity contribution >= 4 is 11.6 Å². The first-order valence-electron chi connectivity index (χ1n) is 5.37. The van der Waals surface area contributed by atoms with Gasteiger partial charge in [0.05, 0.1) is 12.7 Å². The number of nitrogens with two attached hydrogens (primary N) is 1. The van der Waals surface area contributed by atoms with Crippen molar-refractivity contribution in [2.75, 3.05) is 13.7 Å². The summed E-state index contributed by atoms with van der Waals surface area (Å²) in [6.45, 7) is 0.569. The van der Waals surface area contributed by atoms with E-state index in [9.17, 15) is 0 Å². The van der Waals surface area contributed by atoms with Gasteiger partial charge in [0, 0.05) is 11.4 Å². The molecule has 1 heterocycles. The molecule has 0 aliphatic carbocycles. The van der Waals surface area contributed by atoms with Gasteiger partial charge in [0.15, 0.2) is 0 Å². The number of furan rings is 1. The van der Waals surface area contributed by atoms with Crippen molar-refractivity contribution in [1.29, 1.82) is 0 Å². The largest absolute Gasteiger partial charge is 0.496 e. The van der Waals surface area contributed by atoms with Crippen LogP contribution in [0.1, 0.15) is 5.76 Å². The summed E-state index contributed by atoms with van der Waals surface area (Å²) in [5.41, 5.74) is 6.33. The molecular formula is C13H14ClNO2. The molecule has 0 fully saturated rings. The van der Waals surface area contributed by atoms with Crippen LogP contribution in [0.2, 0.25) is 5.02 Å². The zero-order valence-corrected chi connectivity index (χ0v) is 10.3. The maximum atomic E-state index is 5.97. The minimum absolute atomic E-state index is 0.569. The lowest BCUT2D eigenvalue weighted by Crippen LogP contribution is -2.01. The number of rotatable bonds is 4. The van der Waals surface area contributed by atoms with Crippen molar-refractivity contribution in [2.24, 2.45) is 5.73 Å². The molecule has 0 aliphatic rings. The van der Waals surface area contributed by atoms with Crippen LogP contribution in [0.4, 0.5) is 0 Å². The average molecular weight is 252 g/mol. The highest BCUT2D eigenvalue weighted by Crippen LogP contribution is 2.33. The Bertz CT molecular complexity index is 508. The van der Waals surface area contributed by atoms with Crippen LogP contribution in [0.25, 0.3) is 11.3 Å². The normalized spacial score (nSPS) is 10.5. The second-order valence-corrected chi connectivity index (χ2v) is 4.09. The molecule has 4 heteroatoms. The second kappa shape index (κ2) is 5.25. The van der Waals surface area contributed by atoms with E-state index in [1.807, 2.05) is 24.3 Å². The summed E-state index contributed by atoms with van der Waals surface area (Å²) in [4.78, 5) is 0. The number of benzene rings is 1. The molecule has 0 saturated heterocycles. The third kappa shape index (κ3) is 2.62. The molecule has 2 aromatic rings. The Morgan fingerprint density at radius 2 is 2.12 bits per heavy atom. The van der Waals surface area contributed by atoms with Gasteiger partial charge >= 0.3 is 0 Å². The molecule has 0 saturated carbocycles. The van der Waals surface area contributed by atoms with Gasteiger partial charge in [-0.25, -0.2) is 0 Å². The number of methoxy groups -OCH3 is 1. The summed E-state index contributed by atoms with van der Waals surface area (Å²) in [6.07, 6.45) is 0.725. The van der Waals surface area contributed by atoms with Crippen LogP contribution in [0, 0.1) is 0 Å². The van der Waals surface area contributed by atoms with Gasteiger partial charge < -0.3 is 14.9 Å². The standard InChI is InChI=1S/C13H14ClNO2/c1-16-12-4-2-9(14)8-11(12)13-5-3-10(17-13)6-7-15/h2-5,8H,6-7,15H2,1H3. The van der Waals surface area contributed by atoms with E-state index < -0.39 is 0 Å². The molecule has 17 heavy (non-hydrogen) atoms. The lowest BCUT2D eigenvalue weighted by molar-refractivity contribution is 0.414. The van der Waals surface area contributed by atoms with Crippen molar-refractivity contribution < 1.29 is 9.15 Å². The van der Waals surface area contributed by atoms with E-state index >= 15 is 0 Å². The molecule has 0 radical (unpaired) electrons. The molecule has 0 spiro atoms. The van der Waals surface area contributed by atoms with E-state index in [2.05, 4.69) is 0 Å². The molecule has 2 rings (SSSR count). The van der Waals surface area contributed by atoms with Crippen LogP contribution in [-0.4, -0.2) is 13.7 Å². The van der Waals surface area contributed by atoms with Crippen molar-refractivity contribution in [3.8, 4) is 17.1 Å². The number of hydrogen-bond acceptors (Lipinski definition) is 3. The van der Waals surface area contributed by atoms with Gasteiger partial charge in [0.25, 0.3) is 0 Å². The Morgan fingerprint density at radius 1 is 1.29 bits per heavy atom. The maximum absolute atomic E-state index is 5.97. The predicted molar refractivity (Wildman–Crippen MR) is 68.5 cm³/mol. The smallest absolute Gasteiger partial charge is 0.138 e. The maximum Gasteiger partial charge on any atom is 0.138 e. The molecule has 0 aliphatic heterocycles. The Labute approximate surface area is 105 Å². The summed E-state index contributed by atoms with van der Waals surface area (Å²) in [5, 5.41) is 0.651. The number of halogens is 1. The molecule has 0 bridgehead atoms. The first-order chi connectivity index (χ1) is 8.24. The molecule has 2 N–H and O–H groups in total. The van der Waals surface area contributed by atoms with E-state index in [-0.39, 0.29) is 0 Å². The summed E-state index contributed by atoms with van der Waals surface area (Å²) in [7, 11) is 1.62. The van der Waals surface area contributed by atoms with Crippen molar-refractivity contribution in [3.63, 3.8) is 0 Å². The van der Waals surface area contributed by atoms with Gasteiger partial charge in [-0.1, -0.05) is 11.6 Å². The zero-order valence-electron chi connectivity index (χ0n) is 9.57. The monoisotopic (exact) mass is 251 g/mol. The van der Waals surface area contributed by atoms with Gasteiger partial charge in [0.2, 0.25) is 0 Å². The minimum Gasteiger partial charge on any atom is -0.496 e. The Morgan fingerprint density at radius 3 is 2.82 bits per heavy atom. The predicted octanol–water partition coefficient (Wildman–Crippen LogP) is 3.11. The van der Waals surface area contributed by atoms with Gasteiger partial charge in [-0.3, -0.25) is 0 Å². The fraction of sp³-hybridized carbons (Fsp3) is 0.231. The zero-order chi connectivity index (χ0) is 12.3. The van der Waals surface area contributed by atoms with E-state index in [1.165, 1.54) is 0 Å². The minimum atomic E-state index is 0.569. The molecule has 1 aromatic carbocycles. The van der Waals surface area contributed by atoms with Gasteiger partial charge in [-0.15, -0.1) is 0 Å². The third-order valence-corrected chi connectivity index (χ3v) is 2.71. The fourth-order valence-corrected chi connectivity index (χ4v) is 1.84. The summed E-state index contributed by atoms with van der Waals surface area (Å²) >= 11 is 5.97. The highest BCUT2D eigenvalue weighted by molar-refractivity contribution is 6.30. The molecule has 3 nitrogen and oxygen atoms in total. The summed E-state index contributed by atoms with van der Waals surface area (Å²) in [6, 6.07) is 9.25. The topological polar surface area (TPSA) is 48.4 Å². The van der Waals surface area contributed by atoms with Gasteiger partial charge in [-0.05, 0) is 36.9 Å². The summed E-state index contributed by atoms with van der Waals surface area (Å²) < 4.78 is 11.0. The molecule has 0 atom stereocenters. The summed E-state index contributed by atoms with van der Waals surface area (Å²) in [5.74, 6) is 2.35. The average Bonchev–Trinajstić information content (AvgIpc) is 2.78. The number of ether oxygens (including phenoxy) is 1. The molecule has 0 amide bonds. The van der Waals surface area contributed by atoms with Crippen molar-refractivity contribution in [1.82, 2.24) is 0 Å². The Kier molecular flexibility index (Phi) is 3.71. The van der Waals surface area contributed by atoms with E-state index in [0.717, 1.165) is 29.3 Å². The van der Waals surface area contributed by atoms with Crippen molar-refractivity contribution in [2.45, 2.75) is 6.42 Å². The van der Waals surface area contributed by atoms with E-state index in [1.54, 1.807) is 13.2 Å². The lowest BCUT2D eigenvalue weighted by Gasteiger charge is -2.06. The SMILES string of the molecule is COc1ccc(Cl)cc1-c1ccc(CCN)o1. The van der Waals surface area contributed by atoms with E-state index in [0.29, 0.717) is 11.6 Å². The molecule has 90 valence electrons. The van der Waals surface area contributed by atoms with Crippen LogP contribution in [0.3, 0.4) is 0 Å². The quantitative estimate of drug-likeness (QED) is 0.908. The van der Waals surface area contributed by atoms with Crippen molar-refractivity contribution in [3.05, 3.63) is 41.1 Å². The van der Waals surface area contributed by atoms with Crippen LogP contribution in [0.15, 0.2) is 34.7 Å². The van der Waals surface area contributed by atoms with Gasteiger partial charge in [-0.2, -0.15) is 0 Å². The lowest BCUT2D eigenvalue weighted by atomic mass is 10.1. The molecule has 0 unspecified atom stereocenters. The first kappa shape index (κ1) is 12.0. The first-order valence-corrected chi connectivity index (χ1v) is 5.75. The van der Waals surface area contributed by atoms with Crippen LogP contribution in [-0.2, 0) is 6.42 Å². The Balaban J connectivity index is 2.40. The fourth-order valence-electron chi connectivity index (χ4n) is 1.67. The third-order valence-electron chi connectivity index (χ3n) is 2.48. The number of hydrogen-bond donors (Lipinski definition) is 1. The Hall–Kier alpha value is -1.45. The molecular weight excluding hydrogens is 238 g/mol. The van der Waals surface area contributed by atoms with Crippen LogP contribution < -0.4 is 10.5 Å².